The van der Waals surface area contributed by atoms with E-state index in [1.54, 1.807) is 12.1 Å². The maximum atomic E-state index is 12.9. The first-order valence-corrected chi connectivity index (χ1v) is 10.3. The van der Waals surface area contributed by atoms with Gasteiger partial charge in [0.15, 0.2) is 0 Å². The van der Waals surface area contributed by atoms with E-state index >= 15 is 0 Å². The number of nitrogens with zero attached hydrogens (tertiary/aromatic N) is 2. The minimum Gasteiger partial charge on any atom is -0.497 e. The highest BCUT2D eigenvalue weighted by molar-refractivity contribution is 7.92. The third-order valence-corrected chi connectivity index (χ3v) is 5.47. The monoisotopic (exact) mass is 444 g/mol. The second-order valence-corrected chi connectivity index (χ2v) is 7.87. The van der Waals surface area contributed by atoms with Crippen molar-refractivity contribution in [2.75, 3.05) is 17.3 Å². The fourth-order valence-corrected chi connectivity index (χ4v) is 3.60. The van der Waals surface area contributed by atoms with E-state index in [2.05, 4.69) is 15.2 Å². The number of halogens is 1. The molecule has 0 saturated carbocycles. The van der Waals surface area contributed by atoms with E-state index in [-0.39, 0.29) is 16.3 Å². The van der Waals surface area contributed by atoms with Gasteiger partial charge in [0, 0.05) is 11.8 Å². The Morgan fingerprint density at radius 1 is 1.06 bits per heavy atom. The lowest BCUT2D eigenvalue weighted by atomic mass is 10.2. The molecule has 3 aromatic rings. The van der Waals surface area contributed by atoms with Crippen molar-refractivity contribution in [2.24, 2.45) is 5.10 Å². The zero-order valence-electron chi connectivity index (χ0n) is 16.2. The Labute approximate surface area is 177 Å². The van der Waals surface area contributed by atoms with Gasteiger partial charge < -0.3 is 4.74 Å². The fraction of sp³-hybridized carbons (Fsp3) is 0.0500. The maximum Gasteiger partial charge on any atom is 0.295 e. The molecule has 2 N–H and O–H groups in total. The van der Waals surface area contributed by atoms with Crippen molar-refractivity contribution in [1.82, 2.24) is 0 Å². The average Bonchev–Trinajstić information content (AvgIpc) is 2.75. The predicted octanol–water partition coefficient (Wildman–Crippen LogP) is 3.99. The highest BCUT2D eigenvalue weighted by atomic mass is 32.2. The topological polar surface area (TPSA) is 123 Å². The molecule has 3 rings (SSSR count). The Morgan fingerprint density at radius 2 is 1.74 bits per heavy atom. The summed E-state index contributed by atoms with van der Waals surface area (Å²) in [7, 11) is -2.59. The molecule has 0 heterocycles. The molecule has 0 bridgehead atoms. The molecule has 0 saturated heterocycles. The maximum absolute atomic E-state index is 12.9. The Kier molecular flexibility index (Phi) is 6.46. The van der Waals surface area contributed by atoms with Crippen molar-refractivity contribution in [3.8, 4) is 5.75 Å². The lowest BCUT2D eigenvalue weighted by Crippen LogP contribution is -2.13. The zero-order chi connectivity index (χ0) is 22.4. The van der Waals surface area contributed by atoms with E-state index < -0.39 is 26.5 Å². The van der Waals surface area contributed by atoms with Crippen LogP contribution >= 0.6 is 0 Å². The van der Waals surface area contributed by atoms with Gasteiger partial charge in [-0.2, -0.15) is 5.10 Å². The third-order valence-electron chi connectivity index (χ3n) is 4.09. The van der Waals surface area contributed by atoms with Crippen LogP contribution in [-0.4, -0.2) is 26.7 Å². The summed E-state index contributed by atoms with van der Waals surface area (Å²) in [5.41, 5.74) is 2.86. The molecule has 0 fully saturated rings. The number of benzene rings is 3. The van der Waals surface area contributed by atoms with Gasteiger partial charge in [0.2, 0.25) is 0 Å². The highest BCUT2D eigenvalue weighted by Gasteiger charge is 2.21. The molecule has 0 aromatic heterocycles. The van der Waals surface area contributed by atoms with E-state index in [4.69, 9.17) is 4.74 Å². The highest BCUT2D eigenvalue weighted by Crippen LogP contribution is 2.29. The molecular weight excluding hydrogens is 427 g/mol. The summed E-state index contributed by atoms with van der Waals surface area (Å²) in [6.45, 7) is 0. The molecule has 31 heavy (non-hydrogen) atoms. The first-order valence-electron chi connectivity index (χ1n) is 8.78. The van der Waals surface area contributed by atoms with Crippen LogP contribution in [0.15, 0.2) is 76.7 Å². The molecule has 0 aliphatic carbocycles. The molecule has 0 amide bonds. The minimum atomic E-state index is -4.07. The van der Waals surface area contributed by atoms with E-state index in [1.165, 1.54) is 61.9 Å². The molecule has 3 aromatic carbocycles. The van der Waals surface area contributed by atoms with Crippen molar-refractivity contribution in [3.63, 3.8) is 0 Å². The van der Waals surface area contributed by atoms with Gasteiger partial charge in [0.1, 0.15) is 17.3 Å². The van der Waals surface area contributed by atoms with Crippen LogP contribution in [0, 0.1) is 15.9 Å². The number of hydrogen-bond acceptors (Lipinski definition) is 7. The second kappa shape index (κ2) is 9.22. The molecule has 9 nitrogen and oxygen atoms in total. The van der Waals surface area contributed by atoms with Crippen LogP contribution in [0.3, 0.4) is 0 Å². The Morgan fingerprint density at radius 3 is 2.35 bits per heavy atom. The van der Waals surface area contributed by atoms with Gasteiger partial charge in [-0.25, -0.2) is 12.8 Å². The number of methoxy groups -OCH3 is 1. The lowest BCUT2D eigenvalue weighted by Gasteiger charge is -2.10. The molecule has 11 heteroatoms. The molecule has 160 valence electrons. The number of nitro benzene ring substituents is 1. The van der Waals surface area contributed by atoms with Crippen molar-refractivity contribution < 1.29 is 22.5 Å². The largest absolute Gasteiger partial charge is 0.497 e. The van der Waals surface area contributed by atoms with Gasteiger partial charge in [-0.1, -0.05) is 12.1 Å². The molecule has 0 atom stereocenters. The van der Waals surface area contributed by atoms with E-state index in [1.807, 2.05) is 0 Å². The van der Waals surface area contributed by atoms with E-state index in [0.29, 0.717) is 11.3 Å². The summed E-state index contributed by atoms with van der Waals surface area (Å²) < 4.78 is 45.5. The standard InChI is InChI=1S/C20H17FN4O5S/c1-30-17-8-6-16(7-9-17)24-31(28,29)18-10-11-19(20(12-18)25(26)27)23-22-13-14-2-4-15(21)5-3-14/h2-13,23-24H,1H3/b22-13+. The Bertz CT molecular complexity index is 1210. The van der Waals surface area contributed by atoms with Crippen molar-refractivity contribution in [1.29, 1.82) is 0 Å². The number of sulfonamides is 1. The van der Waals surface area contributed by atoms with Gasteiger partial charge in [0.25, 0.3) is 15.7 Å². The number of nitrogens with one attached hydrogen (secondary N) is 2. The molecule has 0 aliphatic heterocycles. The molecule has 0 aliphatic rings. The summed E-state index contributed by atoms with van der Waals surface area (Å²) in [5, 5.41) is 15.3. The SMILES string of the molecule is COc1ccc(NS(=O)(=O)c2ccc(N/N=C/c3ccc(F)cc3)c([N+](=O)[O-])c2)cc1. The number of hydrazone groups is 1. The number of rotatable bonds is 8. The van der Waals surface area contributed by atoms with Crippen molar-refractivity contribution >= 4 is 33.3 Å². The van der Waals surface area contributed by atoms with Crippen LogP contribution in [0.1, 0.15) is 5.56 Å². The predicted molar refractivity (Wildman–Crippen MR) is 115 cm³/mol. The van der Waals surface area contributed by atoms with Crippen LogP contribution in [-0.2, 0) is 10.0 Å². The number of hydrogen-bond donors (Lipinski definition) is 2. The quantitative estimate of drug-likeness (QED) is 0.308. The van der Waals surface area contributed by atoms with Crippen LogP contribution < -0.4 is 14.9 Å². The molecule has 0 unspecified atom stereocenters. The third kappa shape index (κ3) is 5.54. The van der Waals surface area contributed by atoms with Gasteiger partial charge in [-0.05, 0) is 54.1 Å². The van der Waals surface area contributed by atoms with E-state index in [9.17, 15) is 22.9 Å². The smallest absolute Gasteiger partial charge is 0.295 e. The minimum absolute atomic E-state index is 0.00763. The van der Waals surface area contributed by atoms with Crippen LogP contribution in [0.5, 0.6) is 5.75 Å². The van der Waals surface area contributed by atoms with Gasteiger partial charge in [-0.15, -0.1) is 0 Å². The number of nitro groups is 1. The average molecular weight is 444 g/mol. The Balaban J connectivity index is 1.81. The lowest BCUT2D eigenvalue weighted by molar-refractivity contribution is -0.384. The first kappa shape index (κ1) is 21.7. The van der Waals surface area contributed by atoms with Gasteiger partial charge in [0.05, 0.1) is 23.1 Å². The summed E-state index contributed by atoms with van der Waals surface area (Å²) in [5.74, 6) is 0.149. The number of anilines is 2. The summed E-state index contributed by atoms with van der Waals surface area (Å²) in [6.07, 6.45) is 1.35. The summed E-state index contributed by atoms with van der Waals surface area (Å²) in [4.78, 5) is 10.4. The molecule has 0 spiro atoms. The second-order valence-electron chi connectivity index (χ2n) is 6.19. The molecule has 0 radical (unpaired) electrons. The van der Waals surface area contributed by atoms with Crippen molar-refractivity contribution in [2.45, 2.75) is 4.90 Å². The first-order chi connectivity index (χ1) is 14.8. The van der Waals surface area contributed by atoms with Crippen LogP contribution in [0.4, 0.5) is 21.5 Å². The van der Waals surface area contributed by atoms with Crippen LogP contribution in [0.25, 0.3) is 0 Å². The molecular formula is C20H17FN4O5S. The normalized spacial score (nSPS) is 11.3. The zero-order valence-corrected chi connectivity index (χ0v) is 17.0. The summed E-state index contributed by atoms with van der Waals surface area (Å²) in [6, 6.07) is 15.0. The fourth-order valence-electron chi connectivity index (χ4n) is 2.52. The van der Waals surface area contributed by atoms with Crippen LogP contribution in [0.2, 0.25) is 0 Å². The Hall–Kier alpha value is -3.99. The van der Waals surface area contributed by atoms with Gasteiger partial charge >= 0.3 is 0 Å². The number of ether oxygens (including phenoxy) is 1. The van der Waals surface area contributed by atoms with Gasteiger partial charge in [-0.3, -0.25) is 20.3 Å². The van der Waals surface area contributed by atoms with Crippen molar-refractivity contribution in [3.05, 3.63) is 88.2 Å². The summed E-state index contributed by atoms with van der Waals surface area (Å²) >= 11 is 0. The van der Waals surface area contributed by atoms with E-state index in [0.717, 1.165) is 6.07 Å².